The van der Waals surface area contributed by atoms with E-state index in [9.17, 15) is 23.6 Å². The van der Waals surface area contributed by atoms with Crippen molar-refractivity contribution in [2.45, 2.75) is 12.8 Å². The second-order valence-electron chi connectivity index (χ2n) is 7.47. The number of benzene rings is 1. The van der Waals surface area contributed by atoms with Crippen molar-refractivity contribution in [1.82, 2.24) is 14.5 Å². The highest BCUT2D eigenvalue weighted by Crippen LogP contribution is 2.30. The third-order valence-corrected chi connectivity index (χ3v) is 4.79. The topological polar surface area (TPSA) is 113 Å². The molecule has 0 bridgehead atoms. The first-order valence-electron chi connectivity index (χ1n) is 10.5. The van der Waals surface area contributed by atoms with Crippen LogP contribution < -0.4 is 16.2 Å². The van der Waals surface area contributed by atoms with E-state index in [0.717, 1.165) is 12.8 Å². The van der Waals surface area contributed by atoms with Gasteiger partial charge in [-0.1, -0.05) is 17.7 Å². The third kappa shape index (κ3) is 9.01. The molecule has 0 radical (unpaired) electrons. The molecule has 2 N–H and O–H groups in total. The van der Waals surface area contributed by atoms with Gasteiger partial charge in [0.2, 0.25) is 18.7 Å². The number of carbonyl (C=O) groups is 3. The maximum absolute atomic E-state index is 13.5. The third-order valence-electron chi connectivity index (χ3n) is 4.57. The van der Waals surface area contributed by atoms with E-state index in [-0.39, 0.29) is 11.2 Å². The van der Waals surface area contributed by atoms with Crippen molar-refractivity contribution in [3.63, 3.8) is 0 Å². The van der Waals surface area contributed by atoms with Gasteiger partial charge in [-0.05, 0) is 43.2 Å². The molecule has 2 aromatic heterocycles. The van der Waals surface area contributed by atoms with Gasteiger partial charge in [-0.3, -0.25) is 23.7 Å². The van der Waals surface area contributed by atoms with E-state index in [1.165, 1.54) is 29.0 Å². The van der Waals surface area contributed by atoms with Gasteiger partial charge >= 0.3 is 0 Å². The number of hydrogen-bond acceptors (Lipinski definition) is 5. The first kappa shape index (κ1) is 27.2. The number of aromatic nitrogens is 2. The molecule has 0 spiro atoms. The number of nitrogens with zero attached hydrogens (tertiary/aromatic N) is 3. The maximum atomic E-state index is 13.5. The van der Waals surface area contributed by atoms with Crippen molar-refractivity contribution in [3.8, 4) is 5.69 Å². The van der Waals surface area contributed by atoms with Gasteiger partial charge in [0, 0.05) is 44.5 Å². The van der Waals surface area contributed by atoms with Crippen molar-refractivity contribution < 1.29 is 18.8 Å². The molecule has 0 saturated heterocycles. The van der Waals surface area contributed by atoms with E-state index >= 15 is 0 Å². The zero-order valence-electron chi connectivity index (χ0n) is 19.2. The van der Waals surface area contributed by atoms with Crippen LogP contribution in [-0.4, -0.2) is 47.3 Å². The molecule has 2 heterocycles. The summed E-state index contributed by atoms with van der Waals surface area (Å²) in [6.07, 6.45) is 6.19. The Labute approximate surface area is 206 Å². The second kappa shape index (κ2) is 13.6. The fourth-order valence-corrected chi connectivity index (χ4v) is 2.80. The van der Waals surface area contributed by atoms with Crippen LogP contribution in [0, 0.1) is 11.7 Å². The molecule has 3 aromatic rings. The van der Waals surface area contributed by atoms with Crippen LogP contribution in [0.15, 0.2) is 65.7 Å². The quantitative estimate of drug-likeness (QED) is 0.503. The standard InChI is InChI=1S/C12H9FN2O2.C6H5ClN2O.C6H11NO/c13-10-7-9(4-5-11(10)14-8-16)15-6-2-1-3-12(15)17;7-5-1-2-6(8-3-5)9-4-10;1-7(2)6(8)5-3-4-5/h1-8H,(H,14,16);1-4H,(H,8,9,10);5H,3-4H2,1-2H3. The van der Waals surface area contributed by atoms with Crippen molar-refractivity contribution in [3.05, 3.63) is 82.1 Å². The molecule has 0 aliphatic heterocycles. The van der Waals surface area contributed by atoms with Crippen molar-refractivity contribution >= 4 is 41.8 Å². The Balaban J connectivity index is 0.000000204. The van der Waals surface area contributed by atoms with Crippen molar-refractivity contribution in [1.29, 1.82) is 0 Å². The van der Waals surface area contributed by atoms with Gasteiger partial charge in [0.15, 0.2) is 0 Å². The van der Waals surface area contributed by atoms with E-state index in [2.05, 4.69) is 15.6 Å². The molecule has 35 heavy (non-hydrogen) atoms. The summed E-state index contributed by atoms with van der Waals surface area (Å²) in [5.41, 5.74) is 0.236. The first-order valence-corrected chi connectivity index (χ1v) is 10.8. The molecule has 1 aliphatic rings. The number of halogens is 2. The fraction of sp³-hybridized carbons (Fsp3) is 0.208. The molecule has 184 valence electrons. The highest BCUT2D eigenvalue weighted by atomic mass is 35.5. The van der Waals surface area contributed by atoms with Crippen LogP contribution in [0.25, 0.3) is 5.69 Å². The summed E-state index contributed by atoms with van der Waals surface area (Å²) in [5, 5.41) is 5.16. The van der Waals surface area contributed by atoms with Gasteiger partial charge in [-0.25, -0.2) is 9.37 Å². The summed E-state index contributed by atoms with van der Waals surface area (Å²) in [5.74, 6) is 0.583. The molecule has 1 aromatic carbocycles. The van der Waals surface area contributed by atoms with Crippen LogP contribution >= 0.6 is 11.6 Å². The maximum Gasteiger partial charge on any atom is 0.255 e. The Morgan fingerprint density at radius 3 is 2.31 bits per heavy atom. The molecule has 9 nitrogen and oxygen atoms in total. The average molecular weight is 502 g/mol. The van der Waals surface area contributed by atoms with Gasteiger partial charge in [-0.15, -0.1) is 0 Å². The molecule has 3 amide bonds. The minimum absolute atomic E-state index is 0.0766. The highest BCUT2D eigenvalue weighted by molar-refractivity contribution is 6.30. The van der Waals surface area contributed by atoms with Gasteiger partial charge in [0.1, 0.15) is 11.6 Å². The Bertz CT molecular complexity index is 1190. The second-order valence-corrected chi connectivity index (χ2v) is 7.90. The monoisotopic (exact) mass is 501 g/mol. The highest BCUT2D eigenvalue weighted by Gasteiger charge is 2.30. The van der Waals surface area contributed by atoms with Crippen LogP contribution in [0.1, 0.15) is 12.8 Å². The number of nitrogens with one attached hydrogen (secondary N) is 2. The van der Waals surface area contributed by atoms with Gasteiger partial charge in [0.25, 0.3) is 5.56 Å². The van der Waals surface area contributed by atoms with Crippen LogP contribution in [0.3, 0.4) is 0 Å². The normalized spacial score (nSPS) is 11.5. The molecule has 0 atom stereocenters. The number of carbonyl (C=O) groups excluding carboxylic acids is 3. The molecule has 0 unspecified atom stereocenters. The summed E-state index contributed by atoms with van der Waals surface area (Å²) in [4.78, 5) is 47.9. The molecule has 1 aliphatic carbocycles. The Kier molecular flexibility index (Phi) is 10.6. The zero-order valence-corrected chi connectivity index (χ0v) is 19.9. The number of amides is 3. The summed E-state index contributed by atoms with van der Waals surface area (Å²) >= 11 is 5.53. The van der Waals surface area contributed by atoms with Crippen LogP contribution in [0.2, 0.25) is 5.02 Å². The van der Waals surface area contributed by atoms with Crippen LogP contribution in [0.5, 0.6) is 0 Å². The summed E-state index contributed by atoms with van der Waals surface area (Å²) in [6, 6.07) is 12.1. The van der Waals surface area contributed by atoms with Gasteiger partial charge in [0.05, 0.1) is 16.4 Å². The molecular weight excluding hydrogens is 477 g/mol. The lowest BCUT2D eigenvalue weighted by Crippen LogP contribution is -2.22. The van der Waals surface area contributed by atoms with Crippen molar-refractivity contribution in [2.24, 2.45) is 5.92 Å². The number of anilines is 2. The minimum Gasteiger partial charge on any atom is -0.349 e. The van der Waals surface area contributed by atoms with E-state index in [1.54, 1.807) is 55.5 Å². The number of hydrogen-bond donors (Lipinski definition) is 2. The SMILES string of the molecule is CN(C)C(=O)C1CC1.O=CNc1ccc(-n2ccccc2=O)cc1F.O=CNc1ccc(Cl)cn1. The van der Waals surface area contributed by atoms with Crippen LogP contribution in [-0.2, 0) is 14.4 Å². The molecule has 1 saturated carbocycles. The summed E-state index contributed by atoms with van der Waals surface area (Å²) < 4.78 is 14.8. The molecule has 11 heteroatoms. The minimum atomic E-state index is -0.592. The lowest BCUT2D eigenvalue weighted by Gasteiger charge is -2.07. The lowest BCUT2D eigenvalue weighted by molar-refractivity contribution is -0.130. The predicted octanol–water partition coefficient (Wildman–Crippen LogP) is 3.33. The lowest BCUT2D eigenvalue weighted by atomic mass is 10.2. The Morgan fingerprint density at radius 2 is 1.83 bits per heavy atom. The predicted molar refractivity (Wildman–Crippen MR) is 132 cm³/mol. The summed E-state index contributed by atoms with van der Waals surface area (Å²) in [7, 11) is 3.61. The van der Waals surface area contributed by atoms with E-state index < -0.39 is 5.82 Å². The first-order chi connectivity index (χ1) is 16.8. The van der Waals surface area contributed by atoms with E-state index in [1.807, 2.05) is 0 Å². The van der Waals surface area contributed by atoms with Crippen molar-refractivity contribution in [2.75, 3.05) is 24.7 Å². The zero-order chi connectivity index (χ0) is 25.8. The molecular formula is C24H25ClFN5O4. The number of pyridine rings is 2. The number of rotatable bonds is 6. The largest absolute Gasteiger partial charge is 0.349 e. The fourth-order valence-electron chi connectivity index (χ4n) is 2.69. The Morgan fingerprint density at radius 1 is 1.11 bits per heavy atom. The van der Waals surface area contributed by atoms with Crippen LogP contribution in [0.4, 0.5) is 15.9 Å². The molecule has 4 rings (SSSR count). The van der Waals surface area contributed by atoms with Gasteiger partial charge in [-0.2, -0.15) is 0 Å². The average Bonchev–Trinajstić information content (AvgIpc) is 3.68. The van der Waals surface area contributed by atoms with E-state index in [0.29, 0.717) is 41.2 Å². The Hall–Kier alpha value is -4.05. The molecule has 1 fully saturated rings. The van der Waals surface area contributed by atoms with Gasteiger partial charge < -0.3 is 15.5 Å². The summed E-state index contributed by atoms with van der Waals surface area (Å²) in [6.45, 7) is 0. The smallest absolute Gasteiger partial charge is 0.255 e. The van der Waals surface area contributed by atoms with E-state index in [4.69, 9.17) is 11.6 Å².